The molecule has 0 aromatic heterocycles. The van der Waals surface area contributed by atoms with Gasteiger partial charge in [-0.2, -0.15) is 0 Å². The third-order valence-electron chi connectivity index (χ3n) is 2.28. The number of hydrogen-bond donors (Lipinski definition) is 0. The van der Waals surface area contributed by atoms with Gasteiger partial charge in [0, 0.05) is 17.5 Å². The van der Waals surface area contributed by atoms with Gasteiger partial charge in [-0.15, -0.1) is 0 Å². The molecule has 0 fully saturated rings. The quantitative estimate of drug-likeness (QED) is 0.593. The summed E-state index contributed by atoms with van der Waals surface area (Å²) in [6, 6.07) is 14.8. The Morgan fingerprint density at radius 3 is 2.59 bits per heavy atom. The molecule has 17 heavy (non-hydrogen) atoms. The maximum absolute atomic E-state index is 10.9. The van der Waals surface area contributed by atoms with Crippen molar-refractivity contribution in [2.24, 2.45) is 0 Å². The van der Waals surface area contributed by atoms with Crippen LogP contribution in [0, 0.1) is 0 Å². The average molecular weight is 247 g/mol. The zero-order valence-corrected chi connectivity index (χ0v) is 10.1. The lowest BCUT2D eigenvalue weighted by Crippen LogP contribution is -2.01. The third kappa shape index (κ3) is 2.86. The van der Waals surface area contributed by atoms with Crippen LogP contribution in [0.25, 0.3) is 11.1 Å². The van der Waals surface area contributed by atoms with Crippen molar-refractivity contribution in [2.75, 3.05) is 0 Å². The summed E-state index contributed by atoms with van der Waals surface area (Å²) in [6.07, 6.45) is 0. The number of rotatable bonds is 2. The summed E-state index contributed by atoms with van der Waals surface area (Å²) in [5.74, 6) is 0.191. The SMILES string of the molecule is CC(=O)Oc1cccc(-c2ccccc2Cl)c1. The number of hydrogen-bond acceptors (Lipinski definition) is 2. The summed E-state index contributed by atoms with van der Waals surface area (Å²) in [5.41, 5.74) is 1.84. The monoisotopic (exact) mass is 246 g/mol. The fourth-order valence-corrected chi connectivity index (χ4v) is 1.83. The molecule has 0 amide bonds. The largest absolute Gasteiger partial charge is 0.427 e. The van der Waals surface area contributed by atoms with Crippen molar-refractivity contribution in [3.05, 3.63) is 53.6 Å². The zero-order chi connectivity index (χ0) is 12.3. The third-order valence-corrected chi connectivity index (χ3v) is 2.61. The normalized spacial score (nSPS) is 10.0. The fraction of sp³-hybridized carbons (Fsp3) is 0.0714. The highest BCUT2D eigenvalue weighted by atomic mass is 35.5. The Bertz CT molecular complexity index is 549. The van der Waals surface area contributed by atoms with E-state index in [-0.39, 0.29) is 5.97 Å². The van der Waals surface area contributed by atoms with Gasteiger partial charge < -0.3 is 4.74 Å². The molecule has 0 spiro atoms. The van der Waals surface area contributed by atoms with Crippen molar-refractivity contribution in [3.63, 3.8) is 0 Å². The van der Waals surface area contributed by atoms with E-state index >= 15 is 0 Å². The maximum atomic E-state index is 10.9. The molecule has 0 N–H and O–H groups in total. The molecular weight excluding hydrogens is 236 g/mol. The number of benzene rings is 2. The van der Waals surface area contributed by atoms with Gasteiger partial charge in [-0.05, 0) is 23.8 Å². The second-order valence-electron chi connectivity index (χ2n) is 3.60. The molecule has 2 aromatic rings. The molecule has 0 aliphatic heterocycles. The molecule has 0 bridgehead atoms. The summed E-state index contributed by atoms with van der Waals surface area (Å²) >= 11 is 6.11. The van der Waals surface area contributed by atoms with Gasteiger partial charge >= 0.3 is 5.97 Å². The fourth-order valence-electron chi connectivity index (χ4n) is 1.59. The van der Waals surface area contributed by atoms with Crippen molar-refractivity contribution < 1.29 is 9.53 Å². The van der Waals surface area contributed by atoms with Crippen molar-refractivity contribution in [1.29, 1.82) is 0 Å². The van der Waals surface area contributed by atoms with Crippen LogP contribution >= 0.6 is 11.6 Å². The lowest BCUT2D eigenvalue weighted by molar-refractivity contribution is -0.131. The van der Waals surface area contributed by atoms with E-state index < -0.39 is 0 Å². The van der Waals surface area contributed by atoms with Gasteiger partial charge in [0.05, 0.1) is 0 Å². The molecule has 2 rings (SSSR count). The van der Waals surface area contributed by atoms with E-state index in [4.69, 9.17) is 16.3 Å². The van der Waals surface area contributed by atoms with Gasteiger partial charge in [-0.1, -0.05) is 41.9 Å². The molecule has 0 saturated heterocycles. The molecule has 0 radical (unpaired) electrons. The summed E-state index contributed by atoms with van der Waals surface area (Å²) in [5, 5.41) is 0.674. The molecule has 0 unspecified atom stereocenters. The van der Waals surface area contributed by atoms with E-state index in [9.17, 15) is 4.79 Å². The van der Waals surface area contributed by atoms with Crippen molar-refractivity contribution in [2.45, 2.75) is 6.92 Å². The van der Waals surface area contributed by atoms with Crippen LogP contribution in [0.4, 0.5) is 0 Å². The van der Waals surface area contributed by atoms with Gasteiger partial charge in [0.1, 0.15) is 5.75 Å². The van der Waals surface area contributed by atoms with Crippen molar-refractivity contribution in [3.8, 4) is 16.9 Å². The Morgan fingerprint density at radius 1 is 1.12 bits per heavy atom. The first-order valence-electron chi connectivity index (χ1n) is 5.20. The lowest BCUT2D eigenvalue weighted by atomic mass is 10.1. The van der Waals surface area contributed by atoms with E-state index in [0.717, 1.165) is 11.1 Å². The second kappa shape index (κ2) is 5.02. The van der Waals surface area contributed by atoms with Crippen LogP contribution in [0.5, 0.6) is 5.75 Å². The minimum absolute atomic E-state index is 0.332. The summed E-state index contributed by atoms with van der Waals surface area (Å²) in [6.45, 7) is 1.38. The summed E-state index contributed by atoms with van der Waals surface area (Å²) < 4.78 is 5.03. The van der Waals surface area contributed by atoms with Gasteiger partial charge in [-0.25, -0.2) is 0 Å². The Labute approximate surface area is 105 Å². The molecule has 0 saturated carbocycles. The second-order valence-corrected chi connectivity index (χ2v) is 4.01. The first kappa shape index (κ1) is 11.7. The van der Waals surface area contributed by atoms with Crippen molar-refractivity contribution >= 4 is 17.6 Å². The van der Waals surface area contributed by atoms with Crippen LogP contribution in [-0.2, 0) is 4.79 Å². The number of ether oxygens (including phenoxy) is 1. The van der Waals surface area contributed by atoms with E-state index in [0.29, 0.717) is 10.8 Å². The standard InChI is InChI=1S/C14H11ClO2/c1-10(16)17-12-6-4-5-11(9-12)13-7-2-3-8-14(13)15/h2-9H,1H3. The Hall–Kier alpha value is -1.80. The molecule has 2 aromatic carbocycles. The molecule has 2 nitrogen and oxygen atoms in total. The Morgan fingerprint density at radius 2 is 1.88 bits per heavy atom. The van der Waals surface area contributed by atoms with Crippen LogP contribution in [0.3, 0.4) is 0 Å². The van der Waals surface area contributed by atoms with Gasteiger partial charge in [-0.3, -0.25) is 4.79 Å². The topological polar surface area (TPSA) is 26.3 Å². The lowest BCUT2D eigenvalue weighted by Gasteiger charge is -2.06. The highest BCUT2D eigenvalue weighted by Crippen LogP contribution is 2.29. The molecule has 0 aliphatic rings. The first-order chi connectivity index (χ1) is 8.16. The summed E-state index contributed by atoms with van der Waals surface area (Å²) in [4.78, 5) is 10.9. The van der Waals surface area contributed by atoms with Crippen LogP contribution < -0.4 is 4.74 Å². The number of halogens is 1. The number of carbonyl (C=O) groups excluding carboxylic acids is 1. The van der Waals surface area contributed by atoms with Crippen LogP contribution in [-0.4, -0.2) is 5.97 Å². The summed E-state index contributed by atoms with van der Waals surface area (Å²) in [7, 11) is 0. The average Bonchev–Trinajstić information content (AvgIpc) is 2.29. The highest BCUT2D eigenvalue weighted by Gasteiger charge is 2.04. The smallest absolute Gasteiger partial charge is 0.308 e. The first-order valence-corrected chi connectivity index (χ1v) is 5.58. The predicted molar refractivity (Wildman–Crippen MR) is 68.2 cm³/mol. The predicted octanol–water partition coefficient (Wildman–Crippen LogP) is 3.93. The van der Waals surface area contributed by atoms with Crippen LogP contribution in [0.15, 0.2) is 48.5 Å². The Kier molecular flexibility index (Phi) is 3.45. The molecule has 0 aliphatic carbocycles. The zero-order valence-electron chi connectivity index (χ0n) is 9.31. The van der Waals surface area contributed by atoms with Crippen LogP contribution in [0.1, 0.15) is 6.92 Å². The van der Waals surface area contributed by atoms with E-state index in [2.05, 4.69) is 0 Å². The van der Waals surface area contributed by atoms with Gasteiger partial charge in [0.25, 0.3) is 0 Å². The molecule has 0 heterocycles. The van der Waals surface area contributed by atoms with Gasteiger partial charge in [0.2, 0.25) is 0 Å². The van der Waals surface area contributed by atoms with E-state index in [1.165, 1.54) is 6.92 Å². The molecule has 3 heteroatoms. The Balaban J connectivity index is 2.40. The van der Waals surface area contributed by atoms with Crippen molar-refractivity contribution in [1.82, 2.24) is 0 Å². The molecule has 0 atom stereocenters. The minimum Gasteiger partial charge on any atom is -0.427 e. The van der Waals surface area contributed by atoms with E-state index in [1.54, 1.807) is 12.1 Å². The van der Waals surface area contributed by atoms with Crippen LogP contribution in [0.2, 0.25) is 5.02 Å². The van der Waals surface area contributed by atoms with E-state index in [1.807, 2.05) is 36.4 Å². The maximum Gasteiger partial charge on any atom is 0.308 e. The molecule has 86 valence electrons. The molecular formula is C14H11ClO2. The number of carbonyl (C=O) groups is 1. The number of esters is 1. The van der Waals surface area contributed by atoms with Gasteiger partial charge in [0.15, 0.2) is 0 Å². The minimum atomic E-state index is -0.332. The highest BCUT2D eigenvalue weighted by molar-refractivity contribution is 6.33.